The van der Waals surface area contributed by atoms with E-state index in [4.69, 9.17) is 4.74 Å². The number of carbonyl (C=O) groups is 1. The Balaban J connectivity index is 0.00000144. The van der Waals surface area contributed by atoms with Crippen molar-refractivity contribution in [3.63, 3.8) is 0 Å². The van der Waals surface area contributed by atoms with E-state index in [2.05, 4.69) is 0 Å². The van der Waals surface area contributed by atoms with Gasteiger partial charge in [-0.3, -0.25) is 4.79 Å². The topological polar surface area (TPSA) is 30.2 Å². The van der Waals surface area contributed by atoms with Crippen LogP contribution in [0.5, 0.6) is 5.75 Å². The van der Waals surface area contributed by atoms with Crippen LogP contribution in [0.15, 0.2) is 41.4 Å². The zero-order valence-corrected chi connectivity index (χ0v) is 11.7. The molecule has 0 aliphatic carbocycles. The molecule has 5 heteroatoms. The maximum atomic E-state index is 11.9. The van der Waals surface area contributed by atoms with Crippen molar-refractivity contribution in [2.75, 3.05) is 7.11 Å². The van der Waals surface area contributed by atoms with E-state index in [1.807, 2.05) is 21.7 Å². The van der Waals surface area contributed by atoms with Crippen molar-refractivity contribution in [3.8, 4) is 5.75 Å². The summed E-state index contributed by atoms with van der Waals surface area (Å²) in [6, 6.07) is 7.17. The fourth-order valence-corrected chi connectivity index (χ4v) is 1.98. The highest BCUT2D eigenvalue weighted by molar-refractivity contribution is 7.07. The molecule has 1 aromatic heterocycles. The summed E-state index contributed by atoms with van der Waals surface area (Å²) in [6.07, 6.45) is 1.89. The van der Waals surface area contributed by atoms with Crippen LogP contribution in [0.2, 0.25) is 0 Å². The summed E-state index contributed by atoms with van der Waals surface area (Å²) in [7, 11) is 1.61. The van der Waals surface area contributed by atoms with Crippen LogP contribution < -0.4 is 26.3 Å². The molecule has 90 valence electrons. The number of benzene rings is 1. The molecule has 0 fully saturated rings. The van der Waals surface area contributed by atoms with Crippen molar-refractivity contribution in [2.24, 2.45) is 0 Å². The van der Waals surface area contributed by atoms with Crippen LogP contribution in [0.25, 0.3) is 0 Å². The first-order valence-corrected chi connectivity index (χ1v) is 5.82. The summed E-state index contributed by atoms with van der Waals surface area (Å²) in [5.74, 6) is 0.866. The van der Waals surface area contributed by atoms with Crippen LogP contribution in [0.3, 0.4) is 0 Å². The van der Waals surface area contributed by atoms with Crippen LogP contribution in [-0.2, 0) is 6.54 Å². The zero-order chi connectivity index (χ0) is 11.4. The average molecular weight is 314 g/mol. The number of carbonyl (C=O) groups excluding carboxylic acids is 1. The number of thiazole rings is 1. The normalized spacial score (nSPS) is 9.47. The van der Waals surface area contributed by atoms with E-state index in [1.165, 1.54) is 0 Å². The van der Waals surface area contributed by atoms with Gasteiger partial charge in [0.05, 0.1) is 12.5 Å². The third kappa shape index (κ3) is 3.64. The molecule has 2 rings (SSSR count). The molecule has 3 nitrogen and oxygen atoms in total. The lowest BCUT2D eigenvalue weighted by atomic mass is 10.1. The molecule has 0 saturated heterocycles. The number of rotatable bonds is 4. The van der Waals surface area contributed by atoms with E-state index < -0.39 is 0 Å². The summed E-state index contributed by atoms with van der Waals surface area (Å²) in [5, 5.41) is 1.95. The van der Waals surface area contributed by atoms with Crippen LogP contribution in [-0.4, -0.2) is 12.9 Å². The predicted octanol–water partition coefficient (Wildman–Crippen LogP) is -1.07. The fourth-order valence-electron chi connectivity index (χ4n) is 1.39. The Morgan fingerprint density at radius 2 is 2.06 bits per heavy atom. The Morgan fingerprint density at radius 1 is 1.35 bits per heavy atom. The summed E-state index contributed by atoms with van der Waals surface area (Å²) in [4.78, 5) is 11.9. The maximum absolute atomic E-state index is 11.9. The van der Waals surface area contributed by atoms with Gasteiger partial charge in [0.25, 0.3) is 0 Å². The number of hydrogen-bond donors (Lipinski definition) is 0. The summed E-state index contributed by atoms with van der Waals surface area (Å²) in [6.45, 7) is 0.385. The molecule has 1 aromatic carbocycles. The van der Waals surface area contributed by atoms with E-state index in [-0.39, 0.29) is 22.8 Å². The minimum atomic E-state index is 0. The molecular weight excluding hydrogens is 302 g/mol. The van der Waals surface area contributed by atoms with Gasteiger partial charge >= 0.3 is 0 Å². The van der Waals surface area contributed by atoms with Gasteiger partial charge in [-0.15, -0.1) is 0 Å². The highest BCUT2D eigenvalue weighted by Crippen LogP contribution is 2.11. The highest BCUT2D eigenvalue weighted by atomic mass is 79.9. The van der Waals surface area contributed by atoms with Gasteiger partial charge in [-0.25, -0.2) is 0 Å². The average Bonchev–Trinajstić information content (AvgIpc) is 2.82. The second kappa shape index (κ2) is 6.51. The number of ether oxygens (including phenoxy) is 1. The van der Waals surface area contributed by atoms with Gasteiger partial charge in [0.2, 0.25) is 17.8 Å². The van der Waals surface area contributed by atoms with E-state index >= 15 is 0 Å². The second-order valence-electron chi connectivity index (χ2n) is 3.35. The molecule has 0 aliphatic heterocycles. The molecule has 0 amide bonds. The van der Waals surface area contributed by atoms with Crippen LogP contribution >= 0.6 is 11.3 Å². The zero-order valence-electron chi connectivity index (χ0n) is 9.30. The lowest BCUT2D eigenvalue weighted by molar-refractivity contribution is -0.678. The fraction of sp³-hybridized carbons (Fsp3) is 0.167. The molecule has 0 spiro atoms. The van der Waals surface area contributed by atoms with Crippen LogP contribution in [0.4, 0.5) is 0 Å². The monoisotopic (exact) mass is 313 g/mol. The molecule has 0 unspecified atom stereocenters. The standard InChI is InChI=1S/C12H12NO2S.BrH/c1-15-11-4-2-10(3-5-11)12(14)8-13-6-7-16-9-13;/h2-7,9H,8H2,1H3;1H/q+1;/p-1. The van der Waals surface area contributed by atoms with Gasteiger partial charge in [-0.05, 0) is 24.3 Å². The van der Waals surface area contributed by atoms with Crippen molar-refractivity contribution in [2.45, 2.75) is 6.54 Å². The first kappa shape index (κ1) is 13.9. The molecule has 0 N–H and O–H groups in total. The first-order valence-electron chi connectivity index (χ1n) is 4.88. The largest absolute Gasteiger partial charge is 1.00 e. The smallest absolute Gasteiger partial charge is 0.227 e. The van der Waals surface area contributed by atoms with Crippen LogP contribution in [0.1, 0.15) is 10.4 Å². The molecular formula is C12H12BrNO2S. The highest BCUT2D eigenvalue weighted by Gasteiger charge is 2.11. The summed E-state index contributed by atoms with van der Waals surface area (Å²) < 4.78 is 6.91. The number of Topliss-reactive ketones (excluding diaryl/α,β-unsaturated/α-hetero) is 1. The Kier molecular flexibility index (Phi) is 5.31. The summed E-state index contributed by atoms with van der Waals surface area (Å²) in [5.41, 5.74) is 2.63. The lowest BCUT2D eigenvalue weighted by Crippen LogP contribution is -3.00. The number of halogens is 1. The third-order valence-electron chi connectivity index (χ3n) is 2.27. The van der Waals surface area contributed by atoms with Gasteiger partial charge in [0, 0.05) is 5.56 Å². The van der Waals surface area contributed by atoms with Gasteiger partial charge in [-0.2, -0.15) is 4.57 Å². The van der Waals surface area contributed by atoms with E-state index in [1.54, 1.807) is 42.7 Å². The van der Waals surface area contributed by atoms with Crippen LogP contribution in [0, 0.1) is 0 Å². The Hall–Kier alpha value is -1.20. The van der Waals surface area contributed by atoms with Gasteiger partial charge in [0.15, 0.2) is 6.20 Å². The van der Waals surface area contributed by atoms with Crippen molar-refractivity contribution in [3.05, 3.63) is 46.9 Å². The third-order valence-corrected chi connectivity index (χ3v) is 2.94. The second-order valence-corrected chi connectivity index (χ2v) is 4.11. The molecule has 1 heterocycles. The van der Waals surface area contributed by atoms with Crippen molar-refractivity contribution >= 4 is 17.1 Å². The Labute approximate surface area is 114 Å². The number of hydrogen-bond acceptors (Lipinski definition) is 3. The van der Waals surface area contributed by atoms with Crippen molar-refractivity contribution in [1.82, 2.24) is 0 Å². The molecule has 0 atom stereocenters. The quantitative estimate of drug-likeness (QED) is 0.531. The molecule has 17 heavy (non-hydrogen) atoms. The maximum Gasteiger partial charge on any atom is 0.227 e. The predicted molar refractivity (Wildman–Crippen MR) is 61.8 cm³/mol. The van der Waals surface area contributed by atoms with E-state index in [0.717, 1.165) is 5.75 Å². The van der Waals surface area contributed by atoms with E-state index in [9.17, 15) is 4.79 Å². The number of methoxy groups -OCH3 is 1. The van der Waals surface area contributed by atoms with E-state index in [0.29, 0.717) is 12.1 Å². The van der Waals surface area contributed by atoms with Gasteiger partial charge in [0.1, 0.15) is 5.75 Å². The lowest BCUT2D eigenvalue weighted by Gasteiger charge is -2.00. The molecule has 0 saturated carbocycles. The Morgan fingerprint density at radius 3 is 2.59 bits per heavy atom. The molecule has 0 radical (unpaired) electrons. The summed E-state index contributed by atoms with van der Waals surface area (Å²) >= 11 is 1.57. The Bertz CT molecular complexity index is 468. The van der Waals surface area contributed by atoms with Gasteiger partial charge < -0.3 is 21.7 Å². The molecule has 0 aliphatic rings. The SMILES string of the molecule is COc1ccc(C(=O)C[n+]2ccsc2)cc1.[Br-]. The molecule has 2 aromatic rings. The molecule has 0 bridgehead atoms. The minimum absolute atomic E-state index is 0. The van der Waals surface area contributed by atoms with Gasteiger partial charge in [-0.1, -0.05) is 11.3 Å². The first-order chi connectivity index (χ1) is 7.79. The number of nitrogens with zero attached hydrogens (tertiary/aromatic N) is 1. The number of ketones is 1. The van der Waals surface area contributed by atoms with Crippen molar-refractivity contribution in [1.29, 1.82) is 0 Å². The van der Waals surface area contributed by atoms with Crippen molar-refractivity contribution < 1.29 is 31.1 Å². The number of aromatic nitrogens is 1. The minimum Gasteiger partial charge on any atom is -1.00 e.